The van der Waals surface area contributed by atoms with E-state index in [9.17, 15) is 0 Å². The molecule has 4 heteroatoms. The third-order valence-corrected chi connectivity index (χ3v) is 3.95. The first kappa shape index (κ1) is 18.2. The zero-order chi connectivity index (χ0) is 15.3. The lowest BCUT2D eigenvalue weighted by atomic mass is 10.1. The van der Waals surface area contributed by atoms with Crippen LogP contribution in [0, 0.1) is 6.92 Å². The van der Waals surface area contributed by atoms with Gasteiger partial charge in [0.2, 0.25) is 0 Å². The van der Waals surface area contributed by atoms with Crippen molar-refractivity contribution in [2.75, 3.05) is 13.2 Å². The second-order valence-corrected chi connectivity index (χ2v) is 5.68. The first-order chi connectivity index (χ1) is 10.3. The largest absolute Gasteiger partial charge is 0.493 e. The van der Waals surface area contributed by atoms with E-state index in [-0.39, 0.29) is 0 Å². The summed E-state index contributed by atoms with van der Waals surface area (Å²) in [5.41, 5.74) is 1.95. The fourth-order valence-corrected chi connectivity index (χ4v) is 2.58. The van der Waals surface area contributed by atoms with E-state index >= 15 is 0 Å². The molecule has 1 aromatic rings. The predicted molar refractivity (Wildman–Crippen MR) is 88.0 cm³/mol. The lowest BCUT2D eigenvalue weighted by molar-refractivity contribution is 0.282. The summed E-state index contributed by atoms with van der Waals surface area (Å²) in [5.74, 6) is 1.34. The molecule has 0 spiro atoms. The number of halogens is 1. The third kappa shape index (κ3) is 7.68. The van der Waals surface area contributed by atoms with Gasteiger partial charge in [-0.2, -0.15) is 0 Å². The van der Waals surface area contributed by atoms with E-state index < -0.39 is 0 Å². The summed E-state index contributed by atoms with van der Waals surface area (Å²) < 4.78 is 5.81. The van der Waals surface area contributed by atoms with Gasteiger partial charge in [0.15, 0.2) is 0 Å². The number of alkyl halides is 1. The standard InChI is InChI=1S/C17H28ClNO2/c1-15-16(14-18)19-11-10-17(15)21-13-9-7-5-3-2-4-6-8-12-20/h10-11,20H,2-9,12-14H2,1H3. The number of ether oxygens (including phenoxy) is 1. The Kier molecular flexibility index (Phi) is 10.3. The average Bonchev–Trinajstić information content (AvgIpc) is 2.50. The van der Waals surface area contributed by atoms with Gasteiger partial charge in [0, 0.05) is 18.4 Å². The molecule has 0 saturated carbocycles. The molecule has 0 bridgehead atoms. The number of unbranched alkanes of at least 4 members (excludes halogenated alkanes) is 7. The molecule has 0 radical (unpaired) electrons. The van der Waals surface area contributed by atoms with Crippen molar-refractivity contribution >= 4 is 11.6 Å². The molecule has 21 heavy (non-hydrogen) atoms. The van der Waals surface area contributed by atoms with Crippen LogP contribution in [0.3, 0.4) is 0 Å². The van der Waals surface area contributed by atoms with E-state index in [4.69, 9.17) is 21.4 Å². The number of pyridine rings is 1. The van der Waals surface area contributed by atoms with Crippen molar-refractivity contribution < 1.29 is 9.84 Å². The molecule has 0 saturated heterocycles. The number of nitrogens with zero attached hydrogens (tertiary/aromatic N) is 1. The lowest BCUT2D eigenvalue weighted by Gasteiger charge is -2.10. The molecule has 0 aliphatic carbocycles. The molecule has 0 amide bonds. The summed E-state index contributed by atoms with van der Waals surface area (Å²) in [6.45, 7) is 3.10. The highest BCUT2D eigenvalue weighted by Gasteiger charge is 2.05. The van der Waals surface area contributed by atoms with Gasteiger partial charge >= 0.3 is 0 Å². The molecule has 1 aromatic heterocycles. The first-order valence-electron chi connectivity index (χ1n) is 8.03. The third-order valence-electron chi connectivity index (χ3n) is 3.70. The van der Waals surface area contributed by atoms with Gasteiger partial charge in [0.1, 0.15) is 5.75 Å². The number of rotatable bonds is 12. The fourth-order valence-electron chi connectivity index (χ4n) is 2.31. The minimum absolute atomic E-state index is 0.331. The number of hydrogen-bond acceptors (Lipinski definition) is 3. The van der Waals surface area contributed by atoms with Crippen LogP contribution in [0.4, 0.5) is 0 Å². The van der Waals surface area contributed by atoms with Crippen molar-refractivity contribution in [2.24, 2.45) is 0 Å². The normalized spacial score (nSPS) is 10.8. The van der Waals surface area contributed by atoms with Crippen LogP contribution in [-0.4, -0.2) is 23.3 Å². The second kappa shape index (κ2) is 11.8. The zero-order valence-corrected chi connectivity index (χ0v) is 13.9. The summed E-state index contributed by atoms with van der Waals surface area (Å²) in [5, 5.41) is 8.69. The van der Waals surface area contributed by atoms with E-state index in [1.807, 2.05) is 13.0 Å². The monoisotopic (exact) mass is 313 g/mol. The highest BCUT2D eigenvalue weighted by Crippen LogP contribution is 2.21. The zero-order valence-electron chi connectivity index (χ0n) is 13.1. The van der Waals surface area contributed by atoms with Crippen LogP contribution in [0.1, 0.15) is 62.6 Å². The summed E-state index contributed by atoms with van der Waals surface area (Å²) in [6, 6.07) is 1.91. The van der Waals surface area contributed by atoms with Crippen molar-refractivity contribution in [1.82, 2.24) is 4.98 Å². The average molecular weight is 314 g/mol. The van der Waals surface area contributed by atoms with Crippen molar-refractivity contribution in [3.8, 4) is 5.75 Å². The van der Waals surface area contributed by atoms with Gasteiger partial charge in [-0.1, -0.05) is 38.5 Å². The Balaban J connectivity index is 2.04. The molecule has 0 atom stereocenters. The van der Waals surface area contributed by atoms with E-state index in [0.717, 1.165) is 42.9 Å². The van der Waals surface area contributed by atoms with Crippen LogP contribution in [0.15, 0.2) is 12.3 Å². The van der Waals surface area contributed by atoms with E-state index in [2.05, 4.69) is 4.98 Å². The van der Waals surface area contributed by atoms with Crippen LogP contribution in [0.25, 0.3) is 0 Å². The maximum Gasteiger partial charge on any atom is 0.125 e. The maximum atomic E-state index is 8.69. The Labute approximate surface area is 133 Å². The summed E-state index contributed by atoms with van der Waals surface area (Å²) in [4.78, 5) is 4.23. The quantitative estimate of drug-likeness (QED) is 0.452. The first-order valence-corrected chi connectivity index (χ1v) is 8.57. The Bertz CT molecular complexity index is 385. The summed E-state index contributed by atoms with van der Waals surface area (Å²) >= 11 is 5.84. The number of aliphatic hydroxyl groups excluding tert-OH is 1. The molecule has 0 aliphatic heterocycles. The number of aromatic nitrogens is 1. The van der Waals surface area contributed by atoms with Crippen LogP contribution in [0.5, 0.6) is 5.75 Å². The molecule has 0 aromatic carbocycles. The molecule has 120 valence electrons. The molecular formula is C17H28ClNO2. The second-order valence-electron chi connectivity index (χ2n) is 5.41. The minimum atomic E-state index is 0.331. The van der Waals surface area contributed by atoms with Gasteiger partial charge in [-0.05, 0) is 25.8 Å². The smallest absolute Gasteiger partial charge is 0.125 e. The highest BCUT2D eigenvalue weighted by atomic mass is 35.5. The molecule has 0 aliphatic rings. The SMILES string of the molecule is Cc1c(OCCCCCCCCCCO)ccnc1CCl. The Morgan fingerprint density at radius 1 is 1.05 bits per heavy atom. The van der Waals surface area contributed by atoms with Crippen molar-refractivity contribution in [2.45, 2.75) is 64.2 Å². The molecule has 1 N–H and O–H groups in total. The Hall–Kier alpha value is -0.800. The van der Waals surface area contributed by atoms with Crippen LogP contribution >= 0.6 is 11.6 Å². The summed E-state index contributed by atoms with van der Waals surface area (Å²) in [6.07, 6.45) is 11.2. The van der Waals surface area contributed by atoms with Gasteiger partial charge in [-0.3, -0.25) is 4.98 Å². The number of aliphatic hydroxyl groups is 1. The molecular weight excluding hydrogens is 286 g/mol. The van der Waals surface area contributed by atoms with E-state index in [1.165, 1.54) is 32.1 Å². The Morgan fingerprint density at radius 3 is 2.29 bits per heavy atom. The molecule has 3 nitrogen and oxygen atoms in total. The fraction of sp³-hybridized carbons (Fsp3) is 0.706. The van der Waals surface area contributed by atoms with Gasteiger partial charge in [0.25, 0.3) is 0 Å². The predicted octanol–water partition coefficient (Wildman–Crippen LogP) is 4.62. The van der Waals surface area contributed by atoms with Gasteiger partial charge < -0.3 is 9.84 Å². The van der Waals surface area contributed by atoms with Crippen LogP contribution in [-0.2, 0) is 5.88 Å². The number of hydrogen-bond donors (Lipinski definition) is 1. The van der Waals surface area contributed by atoms with Crippen molar-refractivity contribution in [1.29, 1.82) is 0 Å². The molecule has 1 heterocycles. The van der Waals surface area contributed by atoms with Crippen LogP contribution < -0.4 is 4.74 Å². The minimum Gasteiger partial charge on any atom is -0.493 e. The van der Waals surface area contributed by atoms with Crippen LogP contribution in [0.2, 0.25) is 0 Å². The van der Waals surface area contributed by atoms with Gasteiger partial charge in [-0.25, -0.2) is 0 Å². The van der Waals surface area contributed by atoms with E-state index in [1.54, 1.807) is 6.20 Å². The lowest BCUT2D eigenvalue weighted by Crippen LogP contribution is -2.01. The van der Waals surface area contributed by atoms with Gasteiger partial charge in [0.05, 0.1) is 18.2 Å². The topological polar surface area (TPSA) is 42.4 Å². The van der Waals surface area contributed by atoms with Crippen molar-refractivity contribution in [3.63, 3.8) is 0 Å². The summed E-state index contributed by atoms with van der Waals surface area (Å²) in [7, 11) is 0. The molecule has 1 rings (SSSR count). The van der Waals surface area contributed by atoms with E-state index in [0.29, 0.717) is 12.5 Å². The molecule has 0 fully saturated rings. The van der Waals surface area contributed by atoms with Crippen molar-refractivity contribution in [3.05, 3.63) is 23.5 Å². The molecule has 0 unspecified atom stereocenters. The highest BCUT2D eigenvalue weighted by molar-refractivity contribution is 6.17. The Morgan fingerprint density at radius 2 is 1.67 bits per heavy atom. The van der Waals surface area contributed by atoms with Gasteiger partial charge in [-0.15, -0.1) is 11.6 Å². The maximum absolute atomic E-state index is 8.69.